The second-order valence-corrected chi connectivity index (χ2v) is 7.28. The van der Waals surface area contributed by atoms with E-state index < -0.39 is 0 Å². The van der Waals surface area contributed by atoms with Gasteiger partial charge >= 0.3 is 0 Å². The van der Waals surface area contributed by atoms with Gasteiger partial charge in [0, 0.05) is 24.6 Å². The van der Waals surface area contributed by atoms with E-state index in [-0.39, 0.29) is 23.7 Å². The molecule has 0 aliphatic carbocycles. The first kappa shape index (κ1) is 19.9. The molecule has 4 nitrogen and oxygen atoms in total. The highest BCUT2D eigenvalue weighted by molar-refractivity contribution is 6.04. The minimum absolute atomic E-state index is 0.00343. The molecule has 3 rings (SSSR count). The highest BCUT2D eigenvalue weighted by Crippen LogP contribution is 2.27. The molecule has 1 aliphatic heterocycles. The zero-order valence-electron chi connectivity index (χ0n) is 16.5. The van der Waals surface area contributed by atoms with Crippen molar-refractivity contribution in [3.63, 3.8) is 0 Å². The molecule has 0 bridgehead atoms. The van der Waals surface area contributed by atoms with Gasteiger partial charge in [-0.1, -0.05) is 55.5 Å². The molecule has 0 radical (unpaired) electrons. The Morgan fingerprint density at radius 2 is 1.89 bits per heavy atom. The van der Waals surface area contributed by atoms with E-state index in [1.807, 2.05) is 65.6 Å². The van der Waals surface area contributed by atoms with Crippen molar-refractivity contribution in [1.82, 2.24) is 4.90 Å². The normalized spacial score (nSPS) is 18.3. The van der Waals surface area contributed by atoms with Crippen LogP contribution in [-0.4, -0.2) is 29.7 Å². The third kappa shape index (κ3) is 4.89. The number of methoxy groups -OCH3 is 1. The lowest BCUT2D eigenvalue weighted by molar-refractivity contribution is -0.138. The highest BCUT2D eigenvalue weighted by atomic mass is 16.5. The first-order chi connectivity index (χ1) is 13.6. The lowest BCUT2D eigenvalue weighted by Gasteiger charge is -2.38. The zero-order valence-corrected chi connectivity index (χ0v) is 16.5. The van der Waals surface area contributed by atoms with Crippen molar-refractivity contribution in [2.45, 2.75) is 38.8 Å². The van der Waals surface area contributed by atoms with Gasteiger partial charge in [-0.3, -0.25) is 9.59 Å². The lowest BCUT2D eigenvalue weighted by atomic mass is 9.90. The Morgan fingerprint density at radius 1 is 1.18 bits per heavy atom. The van der Waals surface area contributed by atoms with E-state index in [0.29, 0.717) is 18.5 Å². The Labute approximate surface area is 166 Å². The number of nitrogens with zero attached hydrogens (tertiary/aromatic N) is 1. The largest absolute Gasteiger partial charge is 0.497 e. The van der Waals surface area contributed by atoms with Crippen LogP contribution in [0.25, 0.3) is 0 Å². The van der Waals surface area contributed by atoms with Crippen LogP contribution in [0, 0.1) is 5.92 Å². The van der Waals surface area contributed by atoms with Gasteiger partial charge in [0.1, 0.15) is 5.75 Å². The Morgan fingerprint density at radius 3 is 2.57 bits per heavy atom. The number of ketones is 1. The van der Waals surface area contributed by atoms with Gasteiger partial charge in [-0.25, -0.2) is 0 Å². The van der Waals surface area contributed by atoms with Crippen LogP contribution in [0.3, 0.4) is 0 Å². The summed E-state index contributed by atoms with van der Waals surface area (Å²) in [6.07, 6.45) is 6.02. The monoisotopic (exact) mass is 377 g/mol. The Hall–Kier alpha value is -2.88. The van der Waals surface area contributed by atoms with E-state index >= 15 is 0 Å². The average molecular weight is 377 g/mol. The summed E-state index contributed by atoms with van der Waals surface area (Å²) in [5.41, 5.74) is 1.76. The minimum atomic E-state index is -0.00343. The van der Waals surface area contributed by atoms with Crippen molar-refractivity contribution in [2.75, 3.05) is 7.11 Å². The summed E-state index contributed by atoms with van der Waals surface area (Å²) in [5.74, 6) is 1.09. The van der Waals surface area contributed by atoms with Crippen LogP contribution in [0.1, 0.15) is 42.1 Å². The molecule has 0 aromatic heterocycles. The van der Waals surface area contributed by atoms with Gasteiger partial charge in [0.25, 0.3) is 0 Å². The van der Waals surface area contributed by atoms with Crippen molar-refractivity contribution in [3.05, 3.63) is 77.9 Å². The van der Waals surface area contributed by atoms with Gasteiger partial charge in [-0.15, -0.1) is 0 Å². The summed E-state index contributed by atoms with van der Waals surface area (Å²) in [7, 11) is 1.64. The van der Waals surface area contributed by atoms with Crippen LogP contribution in [0.5, 0.6) is 5.75 Å². The van der Waals surface area contributed by atoms with Crippen molar-refractivity contribution in [3.8, 4) is 5.75 Å². The Kier molecular flexibility index (Phi) is 6.64. The van der Waals surface area contributed by atoms with Crippen LogP contribution >= 0.6 is 0 Å². The molecular formula is C24H27NO3. The Bertz CT molecular complexity index is 827. The summed E-state index contributed by atoms with van der Waals surface area (Å²) in [5, 5.41) is 0. The third-order valence-electron chi connectivity index (χ3n) is 5.34. The van der Waals surface area contributed by atoms with Gasteiger partial charge in [-0.2, -0.15) is 0 Å². The second-order valence-electron chi connectivity index (χ2n) is 7.28. The molecule has 28 heavy (non-hydrogen) atoms. The summed E-state index contributed by atoms with van der Waals surface area (Å²) < 4.78 is 5.21. The topological polar surface area (TPSA) is 46.6 Å². The summed E-state index contributed by atoms with van der Waals surface area (Å²) in [6, 6.07) is 17.2. The van der Waals surface area contributed by atoms with E-state index in [2.05, 4.69) is 6.92 Å². The maximum atomic E-state index is 12.6. The number of ether oxygens (including phenoxy) is 1. The van der Waals surface area contributed by atoms with Crippen molar-refractivity contribution >= 4 is 11.7 Å². The molecule has 1 fully saturated rings. The molecule has 0 saturated carbocycles. The maximum Gasteiger partial charge on any atom is 0.223 e. The number of hydrogen-bond donors (Lipinski definition) is 0. The first-order valence-corrected chi connectivity index (χ1v) is 9.78. The third-order valence-corrected chi connectivity index (χ3v) is 5.34. The lowest BCUT2D eigenvalue weighted by Crippen LogP contribution is -2.46. The molecule has 1 aliphatic rings. The van der Waals surface area contributed by atoms with Gasteiger partial charge in [0.05, 0.1) is 7.11 Å². The predicted molar refractivity (Wildman–Crippen MR) is 110 cm³/mol. The molecule has 1 heterocycles. The van der Waals surface area contributed by atoms with Crippen LogP contribution in [0.2, 0.25) is 0 Å². The summed E-state index contributed by atoms with van der Waals surface area (Å²) in [6.45, 7) is 2.66. The molecule has 4 heteroatoms. The number of carbonyl (C=O) groups excluding carboxylic acids is 2. The number of likely N-dealkylation sites (tertiary alicyclic amines) is 1. The van der Waals surface area contributed by atoms with E-state index in [4.69, 9.17) is 4.74 Å². The van der Waals surface area contributed by atoms with Crippen LogP contribution in [-0.2, 0) is 11.3 Å². The summed E-state index contributed by atoms with van der Waals surface area (Å²) >= 11 is 0. The highest BCUT2D eigenvalue weighted by Gasteiger charge is 2.30. The van der Waals surface area contributed by atoms with Crippen molar-refractivity contribution in [1.29, 1.82) is 0 Å². The molecule has 0 unspecified atom stereocenters. The fourth-order valence-electron chi connectivity index (χ4n) is 3.69. The van der Waals surface area contributed by atoms with Gasteiger partial charge in [0.15, 0.2) is 5.78 Å². The second kappa shape index (κ2) is 9.36. The molecule has 2 aromatic rings. The first-order valence-electron chi connectivity index (χ1n) is 9.78. The minimum Gasteiger partial charge on any atom is -0.497 e. The Balaban J connectivity index is 1.70. The average Bonchev–Trinajstić information content (AvgIpc) is 2.74. The number of hydrogen-bond acceptors (Lipinski definition) is 3. The van der Waals surface area contributed by atoms with E-state index in [9.17, 15) is 9.59 Å². The van der Waals surface area contributed by atoms with Crippen LogP contribution < -0.4 is 4.74 Å². The zero-order chi connectivity index (χ0) is 19.9. The maximum absolute atomic E-state index is 12.6. The number of amides is 1. The summed E-state index contributed by atoms with van der Waals surface area (Å²) in [4.78, 5) is 26.9. The number of benzene rings is 2. The van der Waals surface area contributed by atoms with E-state index in [1.165, 1.54) is 0 Å². The number of allylic oxidation sites excluding steroid dienone is 1. The quantitative estimate of drug-likeness (QED) is 0.521. The van der Waals surface area contributed by atoms with Crippen LogP contribution in [0.15, 0.2) is 66.7 Å². The number of rotatable bonds is 7. The standard InChI is InChI=1S/C24H27NO3/c1-18(11-16-23(26)20-7-4-3-5-8-20)22-9-6-10-24(27)25(22)17-19-12-14-21(28-2)15-13-19/h3-5,7-8,11-16,18,22H,6,9-10,17H2,1-2H3/b16-11+/t18-,22-/m0/s1. The smallest absolute Gasteiger partial charge is 0.223 e. The molecule has 1 amide bonds. The number of carbonyl (C=O) groups is 2. The molecule has 1 saturated heterocycles. The van der Waals surface area contributed by atoms with Gasteiger partial charge in [-0.05, 0) is 42.5 Å². The fraction of sp³-hybridized carbons (Fsp3) is 0.333. The molecule has 0 N–H and O–H groups in total. The van der Waals surface area contributed by atoms with Crippen molar-refractivity contribution in [2.24, 2.45) is 5.92 Å². The molecule has 2 atom stereocenters. The molecular weight excluding hydrogens is 350 g/mol. The van der Waals surface area contributed by atoms with E-state index in [0.717, 1.165) is 24.2 Å². The predicted octanol–water partition coefficient (Wildman–Crippen LogP) is 4.65. The van der Waals surface area contributed by atoms with Gasteiger partial charge in [0.2, 0.25) is 5.91 Å². The SMILES string of the molecule is COc1ccc(CN2C(=O)CCC[C@H]2[C@@H](C)/C=C/C(=O)c2ccccc2)cc1. The molecule has 0 spiro atoms. The van der Waals surface area contributed by atoms with Crippen LogP contribution in [0.4, 0.5) is 0 Å². The van der Waals surface area contributed by atoms with E-state index in [1.54, 1.807) is 13.2 Å². The molecule has 2 aromatic carbocycles. The number of piperidine rings is 1. The van der Waals surface area contributed by atoms with Gasteiger partial charge < -0.3 is 9.64 Å². The fourth-order valence-corrected chi connectivity index (χ4v) is 3.69. The van der Waals surface area contributed by atoms with Crippen molar-refractivity contribution < 1.29 is 14.3 Å². The molecule has 146 valence electrons.